The van der Waals surface area contributed by atoms with E-state index in [1.807, 2.05) is 31.1 Å². The monoisotopic (exact) mass is 375 g/mol. The fourth-order valence-corrected chi connectivity index (χ4v) is 3.04. The van der Waals surface area contributed by atoms with Crippen molar-refractivity contribution in [2.24, 2.45) is 10.7 Å². The van der Waals surface area contributed by atoms with Crippen LogP contribution in [0.15, 0.2) is 77.5 Å². The van der Waals surface area contributed by atoms with Crippen LogP contribution in [-0.4, -0.2) is 24.4 Å². The highest BCUT2D eigenvalue weighted by molar-refractivity contribution is 5.89. The number of benzene rings is 1. The maximum Gasteiger partial charge on any atom is 0.141 e. The Morgan fingerprint density at radius 2 is 2.14 bits per heavy atom. The summed E-state index contributed by atoms with van der Waals surface area (Å²) in [7, 11) is 1.91. The molecular formula is C23H29N5. The molecule has 0 atom stereocenters. The van der Waals surface area contributed by atoms with Crippen molar-refractivity contribution < 1.29 is 0 Å². The van der Waals surface area contributed by atoms with Crippen LogP contribution in [0.25, 0.3) is 5.70 Å². The Morgan fingerprint density at radius 3 is 2.75 bits per heavy atom. The van der Waals surface area contributed by atoms with Gasteiger partial charge in [-0.3, -0.25) is 0 Å². The molecule has 0 saturated heterocycles. The van der Waals surface area contributed by atoms with Crippen LogP contribution >= 0.6 is 0 Å². The molecule has 1 heterocycles. The summed E-state index contributed by atoms with van der Waals surface area (Å²) in [6, 6.07) is 6.25. The number of allylic oxidation sites excluding steroid dienone is 3. The number of hydrogen-bond donors (Lipinski definition) is 3. The molecular weight excluding hydrogens is 346 g/mol. The highest BCUT2D eigenvalue weighted by atomic mass is 15.2. The zero-order valence-corrected chi connectivity index (χ0v) is 16.9. The second-order valence-electron chi connectivity index (χ2n) is 6.66. The first-order valence-electron chi connectivity index (χ1n) is 9.29. The number of nitrogens with one attached hydrogen (secondary N) is 2. The summed E-state index contributed by atoms with van der Waals surface area (Å²) in [6.07, 6.45) is 10.4. The van der Waals surface area contributed by atoms with Gasteiger partial charge in [-0.05, 0) is 31.1 Å². The SMILES string of the molecule is C=C/C(C(=C)NC(C=N)=C(N)c1cc(C)ccc1CCC)=C1/N=CC=CN1C. The van der Waals surface area contributed by atoms with Crippen LogP contribution in [0.1, 0.15) is 30.0 Å². The normalized spacial score (nSPS) is 15.8. The van der Waals surface area contributed by atoms with E-state index < -0.39 is 0 Å². The topological polar surface area (TPSA) is 77.5 Å². The maximum absolute atomic E-state index is 7.88. The van der Waals surface area contributed by atoms with Gasteiger partial charge in [0.15, 0.2) is 0 Å². The van der Waals surface area contributed by atoms with E-state index in [4.69, 9.17) is 11.1 Å². The fourth-order valence-electron chi connectivity index (χ4n) is 3.04. The molecule has 1 aliphatic heterocycles. The summed E-state index contributed by atoms with van der Waals surface area (Å²) < 4.78 is 0. The lowest BCUT2D eigenvalue weighted by Gasteiger charge is -2.22. The van der Waals surface area contributed by atoms with Crippen LogP contribution in [-0.2, 0) is 6.42 Å². The molecule has 0 saturated carbocycles. The third-order valence-corrected chi connectivity index (χ3v) is 4.49. The number of rotatable bonds is 8. The van der Waals surface area contributed by atoms with E-state index in [9.17, 15) is 0 Å². The average Bonchev–Trinajstić information content (AvgIpc) is 2.69. The molecule has 28 heavy (non-hydrogen) atoms. The number of nitrogens with zero attached hydrogens (tertiary/aromatic N) is 2. The first kappa shape index (κ1) is 21.0. The van der Waals surface area contributed by atoms with Crippen LogP contribution < -0.4 is 11.1 Å². The Bertz CT molecular complexity index is 900. The van der Waals surface area contributed by atoms with Gasteiger partial charge in [-0.1, -0.05) is 50.3 Å². The van der Waals surface area contributed by atoms with Gasteiger partial charge in [0.25, 0.3) is 0 Å². The minimum Gasteiger partial charge on any atom is -0.397 e. The zero-order valence-electron chi connectivity index (χ0n) is 16.9. The summed E-state index contributed by atoms with van der Waals surface area (Å²) in [4.78, 5) is 6.30. The highest BCUT2D eigenvalue weighted by Gasteiger charge is 2.15. The molecule has 1 aromatic carbocycles. The predicted molar refractivity (Wildman–Crippen MR) is 120 cm³/mol. The lowest BCUT2D eigenvalue weighted by Crippen LogP contribution is -2.22. The largest absolute Gasteiger partial charge is 0.397 e. The molecule has 0 aliphatic carbocycles. The summed E-state index contributed by atoms with van der Waals surface area (Å²) in [5, 5.41) is 11.1. The lowest BCUT2D eigenvalue weighted by atomic mass is 9.97. The smallest absolute Gasteiger partial charge is 0.141 e. The molecule has 4 N–H and O–H groups in total. The molecule has 1 aromatic rings. The number of aliphatic imine (C=N–C) groups is 1. The van der Waals surface area contributed by atoms with Crippen molar-refractivity contribution in [2.75, 3.05) is 7.05 Å². The Balaban J connectivity index is 2.44. The van der Waals surface area contributed by atoms with Gasteiger partial charge in [0.2, 0.25) is 0 Å². The second-order valence-corrected chi connectivity index (χ2v) is 6.66. The molecule has 0 radical (unpaired) electrons. The minimum atomic E-state index is 0.492. The molecule has 1 aliphatic rings. The number of aryl methyl sites for hydroxylation is 2. The quantitative estimate of drug-likeness (QED) is 0.594. The van der Waals surface area contributed by atoms with E-state index in [2.05, 4.69) is 48.6 Å². The number of nitrogens with two attached hydrogens (primary N) is 1. The molecule has 0 amide bonds. The molecule has 0 aromatic heterocycles. The molecule has 146 valence electrons. The fraction of sp³-hybridized carbons (Fsp3) is 0.217. The van der Waals surface area contributed by atoms with Crippen molar-refractivity contribution in [1.29, 1.82) is 5.41 Å². The van der Waals surface area contributed by atoms with E-state index >= 15 is 0 Å². The Labute approximate surface area is 167 Å². The average molecular weight is 376 g/mol. The van der Waals surface area contributed by atoms with Crippen molar-refractivity contribution in [3.05, 3.63) is 89.2 Å². The van der Waals surface area contributed by atoms with Crippen molar-refractivity contribution in [3.8, 4) is 0 Å². The molecule has 0 unspecified atom stereocenters. The van der Waals surface area contributed by atoms with Crippen molar-refractivity contribution in [1.82, 2.24) is 10.2 Å². The molecule has 5 nitrogen and oxygen atoms in total. The number of hydrogen-bond acceptors (Lipinski definition) is 5. The first-order chi connectivity index (χ1) is 13.4. The van der Waals surface area contributed by atoms with Gasteiger partial charge in [-0.15, -0.1) is 0 Å². The van der Waals surface area contributed by atoms with Crippen LogP contribution in [0.2, 0.25) is 0 Å². The molecule has 2 rings (SSSR count). The van der Waals surface area contributed by atoms with E-state index in [0.29, 0.717) is 17.1 Å². The van der Waals surface area contributed by atoms with E-state index in [0.717, 1.165) is 35.4 Å². The van der Waals surface area contributed by atoms with Crippen LogP contribution in [0.5, 0.6) is 0 Å². The van der Waals surface area contributed by atoms with E-state index in [1.54, 1.807) is 12.3 Å². The standard InChI is InChI=1S/C23H29N5/c1-6-9-18-11-10-16(3)14-20(18)22(25)21(15-24)27-17(4)19(7-2)23-26-12-8-13-28(23)5/h7-8,10-15,24,27H,2,4,6,9,25H2,1,3,5H3/b22-21?,23-19+,24-15?. The van der Waals surface area contributed by atoms with Crippen molar-refractivity contribution >= 4 is 18.1 Å². The van der Waals surface area contributed by atoms with Gasteiger partial charge in [0, 0.05) is 42.5 Å². The molecule has 0 bridgehead atoms. The van der Waals surface area contributed by atoms with Gasteiger partial charge in [0.1, 0.15) is 5.82 Å². The lowest BCUT2D eigenvalue weighted by molar-refractivity contribution is 0.553. The summed E-state index contributed by atoms with van der Waals surface area (Å²) >= 11 is 0. The first-order valence-corrected chi connectivity index (χ1v) is 9.29. The highest BCUT2D eigenvalue weighted by Crippen LogP contribution is 2.23. The van der Waals surface area contributed by atoms with Gasteiger partial charge >= 0.3 is 0 Å². The van der Waals surface area contributed by atoms with Crippen molar-refractivity contribution in [3.63, 3.8) is 0 Å². The molecule has 0 fully saturated rings. The maximum atomic E-state index is 7.88. The van der Waals surface area contributed by atoms with Gasteiger partial charge < -0.3 is 21.4 Å². The Morgan fingerprint density at radius 1 is 1.39 bits per heavy atom. The zero-order chi connectivity index (χ0) is 20.7. The summed E-state index contributed by atoms with van der Waals surface area (Å²) in [5.41, 5.74) is 12.1. The third kappa shape index (κ3) is 4.68. The van der Waals surface area contributed by atoms with Crippen LogP contribution in [0.3, 0.4) is 0 Å². The van der Waals surface area contributed by atoms with Gasteiger partial charge in [-0.25, -0.2) is 4.99 Å². The Kier molecular flexibility index (Phi) is 7.15. The molecule has 0 spiro atoms. The van der Waals surface area contributed by atoms with Gasteiger partial charge in [0.05, 0.1) is 11.4 Å². The Hall–Kier alpha value is -3.34. The van der Waals surface area contributed by atoms with E-state index in [-0.39, 0.29) is 0 Å². The van der Waals surface area contributed by atoms with Crippen LogP contribution in [0, 0.1) is 12.3 Å². The minimum absolute atomic E-state index is 0.492. The molecule has 5 heteroatoms. The third-order valence-electron chi connectivity index (χ3n) is 4.49. The van der Waals surface area contributed by atoms with Gasteiger partial charge in [-0.2, -0.15) is 0 Å². The van der Waals surface area contributed by atoms with Crippen molar-refractivity contribution in [2.45, 2.75) is 26.7 Å². The predicted octanol–water partition coefficient (Wildman–Crippen LogP) is 4.26. The second kappa shape index (κ2) is 9.55. The van der Waals surface area contributed by atoms with Crippen LogP contribution in [0.4, 0.5) is 0 Å². The summed E-state index contributed by atoms with van der Waals surface area (Å²) in [5.74, 6) is 0.722. The summed E-state index contributed by atoms with van der Waals surface area (Å²) in [6.45, 7) is 12.2. The van der Waals surface area contributed by atoms with E-state index in [1.165, 1.54) is 11.8 Å².